The number of carbonyl (C=O) groups excluding carboxylic acids is 1. The van der Waals surface area contributed by atoms with Crippen molar-refractivity contribution in [3.63, 3.8) is 0 Å². The van der Waals surface area contributed by atoms with Crippen LogP contribution in [0.5, 0.6) is 0 Å². The lowest BCUT2D eigenvalue weighted by atomic mass is 9.96. The second-order valence-electron chi connectivity index (χ2n) is 7.07. The largest absolute Gasteiger partial charge is 0.339 e. The van der Waals surface area contributed by atoms with E-state index in [2.05, 4.69) is 9.88 Å². The maximum absolute atomic E-state index is 12.3. The van der Waals surface area contributed by atoms with E-state index in [9.17, 15) is 4.79 Å². The first kappa shape index (κ1) is 17.2. The van der Waals surface area contributed by atoms with E-state index in [1.54, 1.807) is 12.3 Å². The minimum Gasteiger partial charge on any atom is -0.339 e. The Morgan fingerprint density at radius 2 is 1.83 bits per heavy atom. The van der Waals surface area contributed by atoms with Crippen LogP contribution in [0.25, 0.3) is 6.08 Å². The highest BCUT2D eigenvalue weighted by atomic mass is 16.2. The summed E-state index contributed by atoms with van der Waals surface area (Å²) in [5.74, 6) is 0.876. The van der Waals surface area contributed by atoms with E-state index in [1.165, 1.54) is 45.3 Å². The summed E-state index contributed by atoms with van der Waals surface area (Å²) in [5.41, 5.74) is 0.835. The molecule has 0 spiro atoms. The van der Waals surface area contributed by atoms with Gasteiger partial charge in [0, 0.05) is 31.9 Å². The van der Waals surface area contributed by atoms with Gasteiger partial charge in [0.05, 0.1) is 5.69 Å². The van der Waals surface area contributed by atoms with E-state index < -0.39 is 0 Å². The standard InChI is InChI=1S/C20H29N3O/c24-20(9-8-19-7-3-4-12-21-19)23-15-10-18(11-16-23)17-22-13-5-1-2-6-14-22/h3-4,7-9,12,18H,1-2,5-6,10-11,13-17H2/b9-8-. The van der Waals surface area contributed by atoms with Gasteiger partial charge in [-0.3, -0.25) is 9.78 Å². The molecule has 0 atom stereocenters. The molecular weight excluding hydrogens is 298 g/mol. The number of piperidine rings is 1. The Morgan fingerprint density at radius 1 is 1.08 bits per heavy atom. The molecular formula is C20H29N3O. The van der Waals surface area contributed by atoms with Crippen molar-refractivity contribution < 1.29 is 4.79 Å². The van der Waals surface area contributed by atoms with Crippen LogP contribution in [-0.2, 0) is 4.79 Å². The van der Waals surface area contributed by atoms with E-state index in [-0.39, 0.29) is 5.91 Å². The molecule has 0 unspecified atom stereocenters. The second-order valence-corrected chi connectivity index (χ2v) is 7.07. The van der Waals surface area contributed by atoms with Crippen molar-refractivity contribution in [1.29, 1.82) is 0 Å². The van der Waals surface area contributed by atoms with Gasteiger partial charge < -0.3 is 9.80 Å². The van der Waals surface area contributed by atoms with Gasteiger partial charge in [0.1, 0.15) is 0 Å². The summed E-state index contributed by atoms with van der Waals surface area (Å²) in [6.07, 6.45) is 13.0. The van der Waals surface area contributed by atoms with Crippen LogP contribution >= 0.6 is 0 Å². The van der Waals surface area contributed by atoms with Gasteiger partial charge in [-0.05, 0) is 62.9 Å². The Morgan fingerprint density at radius 3 is 2.50 bits per heavy atom. The number of pyridine rings is 1. The third-order valence-electron chi connectivity index (χ3n) is 5.23. The van der Waals surface area contributed by atoms with E-state index in [4.69, 9.17) is 0 Å². The topological polar surface area (TPSA) is 36.4 Å². The Bertz CT molecular complexity index is 527. The molecule has 2 fully saturated rings. The number of aromatic nitrogens is 1. The SMILES string of the molecule is O=C(/C=C\c1ccccn1)N1CCC(CN2CCCCCC2)CC1. The molecule has 0 aromatic carbocycles. The Hall–Kier alpha value is -1.68. The highest BCUT2D eigenvalue weighted by Gasteiger charge is 2.23. The van der Waals surface area contributed by atoms with Crippen molar-refractivity contribution in [2.45, 2.75) is 38.5 Å². The summed E-state index contributed by atoms with van der Waals surface area (Å²) in [6.45, 7) is 5.55. The van der Waals surface area contributed by atoms with Crippen LogP contribution < -0.4 is 0 Å². The van der Waals surface area contributed by atoms with Gasteiger partial charge in [-0.1, -0.05) is 18.9 Å². The van der Waals surface area contributed by atoms with Crippen LogP contribution in [0.3, 0.4) is 0 Å². The minimum atomic E-state index is 0.119. The van der Waals surface area contributed by atoms with Gasteiger partial charge in [-0.25, -0.2) is 0 Å². The average molecular weight is 327 g/mol. The Balaban J connectivity index is 1.42. The zero-order valence-corrected chi connectivity index (χ0v) is 14.6. The predicted molar refractivity (Wildman–Crippen MR) is 97.5 cm³/mol. The van der Waals surface area contributed by atoms with Gasteiger partial charge in [-0.2, -0.15) is 0 Å². The van der Waals surface area contributed by atoms with Crippen molar-refractivity contribution in [2.75, 3.05) is 32.7 Å². The molecule has 2 saturated heterocycles. The molecule has 0 aliphatic carbocycles. The fraction of sp³-hybridized carbons (Fsp3) is 0.600. The maximum atomic E-state index is 12.3. The number of rotatable bonds is 4. The smallest absolute Gasteiger partial charge is 0.246 e. The zero-order chi connectivity index (χ0) is 16.6. The molecule has 2 aliphatic rings. The molecule has 3 heterocycles. The lowest BCUT2D eigenvalue weighted by molar-refractivity contribution is -0.127. The van der Waals surface area contributed by atoms with Crippen LogP contribution in [-0.4, -0.2) is 53.4 Å². The lowest BCUT2D eigenvalue weighted by Gasteiger charge is -2.34. The summed E-state index contributed by atoms with van der Waals surface area (Å²) in [7, 11) is 0. The molecule has 2 aliphatic heterocycles. The maximum Gasteiger partial charge on any atom is 0.246 e. The number of hydrogen-bond acceptors (Lipinski definition) is 3. The molecule has 3 rings (SSSR count). The van der Waals surface area contributed by atoms with Crippen molar-refractivity contribution in [2.24, 2.45) is 5.92 Å². The normalized spacial score (nSPS) is 21.1. The number of nitrogens with zero attached hydrogens (tertiary/aromatic N) is 3. The number of amides is 1. The molecule has 1 amide bonds. The van der Waals surface area contributed by atoms with Gasteiger partial charge in [0.15, 0.2) is 0 Å². The second kappa shape index (κ2) is 8.97. The first-order valence-electron chi connectivity index (χ1n) is 9.41. The molecule has 24 heavy (non-hydrogen) atoms. The van der Waals surface area contributed by atoms with Crippen LogP contribution in [0.4, 0.5) is 0 Å². The first-order chi connectivity index (χ1) is 11.8. The monoisotopic (exact) mass is 327 g/mol. The van der Waals surface area contributed by atoms with Gasteiger partial charge >= 0.3 is 0 Å². The fourth-order valence-electron chi connectivity index (χ4n) is 3.76. The van der Waals surface area contributed by atoms with Crippen molar-refractivity contribution >= 4 is 12.0 Å². The molecule has 0 N–H and O–H groups in total. The van der Waals surface area contributed by atoms with Crippen molar-refractivity contribution in [3.05, 3.63) is 36.2 Å². The predicted octanol–water partition coefficient (Wildman–Crippen LogP) is 3.21. The number of likely N-dealkylation sites (tertiary alicyclic amines) is 2. The van der Waals surface area contributed by atoms with E-state index >= 15 is 0 Å². The van der Waals surface area contributed by atoms with Crippen LogP contribution in [0, 0.1) is 5.92 Å². The van der Waals surface area contributed by atoms with Gasteiger partial charge in [-0.15, -0.1) is 0 Å². The zero-order valence-electron chi connectivity index (χ0n) is 14.6. The van der Waals surface area contributed by atoms with E-state index in [1.807, 2.05) is 29.2 Å². The van der Waals surface area contributed by atoms with Crippen molar-refractivity contribution in [1.82, 2.24) is 14.8 Å². The molecule has 130 valence electrons. The molecule has 0 bridgehead atoms. The van der Waals surface area contributed by atoms with Crippen LogP contribution in [0.1, 0.15) is 44.2 Å². The summed E-state index contributed by atoms with van der Waals surface area (Å²) in [6, 6.07) is 5.73. The Kier molecular flexibility index (Phi) is 6.41. The van der Waals surface area contributed by atoms with E-state index in [0.29, 0.717) is 0 Å². The number of hydrogen-bond donors (Lipinski definition) is 0. The molecule has 1 aromatic heterocycles. The molecule has 4 nitrogen and oxygen atoms in total. The summed E-state index contributed by atoms with van der Waals surface area (Å²) < 4.78 is 0. The average Bonchev–Trinajstić information content (AvgIpc) is 2.90. The Labute approximate surface area is 145 Å². The van der Waals surface area contributed by atoms with Gasteiger partial charge in [0.25, 0.3) is 0 Å². The van der Waals surface area contributed by atoms with Gasteiger partial charge in [0.2, 0.25) is 5.91 Å². The summed E-state index contributed by atoms with van der Waals surface area (Å²) in [5, 5.41) is 0. The summed E-state index contributed by atoms with van der Waals surface area (Å²) in [4.78, 5) is 21.2. The highest BCUT2D eigenvalue weighted by Crippen LogP contribution is 2.20. The molecule has 0 radical (unpaired) electrons. The summed E-state index contributed by atoms with van der Waals surface area (Å²) >= 11 is 0. The third kappa shape index (κ3) is 5.17. The molecule has 0 saturated carbocycles. The minimum absolute atomic E-state index is 0.119. The third-order valence-corrected chi connectivity index (χ3v) is 5.23. The lowest BCUT2D eigenvalue weighted by Crippen LogP contribution is -2.41. The highest BCUT2D eigenvalue weighted by molar-refractivity contribution is 5.91. The van der Waals surface area contributed by atoms with Crippen LogP contribution in [0.2, 0.25) is 0 Å². The first-order valence-corrected chi connectivity index (χ1v) is 9.41. The van der Waals surface area contributed by atoms with E-state index in [0.717, 1.165) is 37.5 Å². The number of carbonyl (C=O) groups is 1. The molecule has 4 heteroatoms. The van der Waals surface area contributed by atoms with Crippen LogP contribution in [0.15, 0.2) is 30.5 Å². The quantitative estimate of drug-likeness (QED) is 0.797. The molecule has 1 aromatic rings. The fourth-order valence-corrected chi connectivity index (χ4v) is 3.76. The van der Waals surface area contributed by atoms with Crippen molar-refractivity contribution in [3.8, 4) is 0 Å².